The first-order chi connectivity index (χ1) is 9.60. The van der Waals surface area contributed by atoms with E-state index in [0.29, 0.717) is 11.5 Å². The van der Waals surface area contributed by atoms with E-state index in [0.717, 1.165) is 5.56 Å². The maximum Gasteiger partial charge on any atom is 0.319 e. The predicted molar refractivity (Wildman–Crippen MR) is 75.1 cm³/mol. The lowest BCUT2D eigenvalue weighted by Crippen LogP contribution is -2.20. The Bertz CT molecular complexity index is 574. The zero-order chi connectivity index (χ0) is 14.5. The third kappa shape index (κ3) is 3.54. The Hall–Kier alpha value is -1.94. The maximum atomic E-state index is 11.8. The number of ether oxygens (including phenoxy) is 2. The van der Waals surface area contributed by atoms with Gasteiger partial charge in [-0.1, -0.05) is 17.7 Å². The van der Waals surface area contributed by atoms with Crippen molar-refractivity contribution in [2.24, 2.45) is 0 Å². The van der Waals surface area contributed by atoms with E-state index in [1.165, 1.54) is 7.11 Å². The largest absolute Gasteiger partial charge is 0.492 e. The van der Waals surface area contributed by atoms with Crippen LogP contribution in [0.1, 0.15) is 17.2 Å². The van der Waals surface area contributed by atoms with Crippen molar-refractivity contribution >= 4 is 17.6 Å². The third-order valence-electron chi connectivity index (χ3n) is 2.86. The summed E-state index contributed by atoms with van der Waals surface area (Å²) in [5, 5.41) is 0.226. The molecule has 2 rings (SSSR count). The van der Waals surface area contributed by atoms with Crippen LogP contribution in [0.5, 0.6) is 5.75 Å². The van der Waals surface area contributed by atoms with Gasteiger partial charge in [0.15, 0.2) is 5.22 Å². The van der Waals surface area contributed by atoms with Crippen LogP contribution in [0.15, 0.2) is 40.8 Å². The van der Waals surface area contributed by atoms with Gasteiger partial charge in [-0.05, 0) is 42.8 Å². The number of esters is 1. The Kier molecular flexibility index (Phi) is 4.69. The van der Waals surface area contributed by atoms with Crippen molar-refractivity contribution in [2.45, 2.75) is 12.8 Å². The minimum atomic E-state index is -0.645. The van der Waals surface area contributed by atoms with E-state index >= 15 is 0 Å². The number of methoxy groups -OCH3 is 1. The Morgan fingerprint density at radius 3 is 2.50 bits per heavy atom. The highest BCUT2D eigenvalue weighted by molar-refractivity contribution is 6.28. The first-order valence-corrected chi connectivity index (χ1v) is 6.50. The number of furan rings is 1. The molecule has 1 heterocycles. The molecule has 0 N–H and O–H groups in total. The number of carbonyl (C=O) groups is 1. The Labute approximate surface area is 122 Å². The van der Waals surface area contributed by atoms with E-state index in [9.17, 15) is 4.79 Å². The van der Waals surface area contributed by atoms with Gasteiger partial charge in [-0.3, -0.25) is 4.79 Å². The van der Waals surface area contributed by atoms with Crippen LogP contribution in [0, 0.1) is 6.92 Å². The van der Waals surface area contributed by atoms with Crippen LogP contribution >= 0.6 is 11.6 Å². The quantitative estimate of drug-likeness (QED) is 0.791. The SMILES string of the molecule is COC(=O)C(COc1ccc(C)cc1)c1ccc(Cl)o1. The van der Waals surface area contributed by atoms with Crippen LogP contribution in [0.3, 0.4) is 0 Å². The van der Waals surface area contributed by atoms with Crippen LogP contribution in [0.4, 0.5) is 0 Å². The summed E-state index contributed by atoms with van der Waals surface area (Å²) >= 11 is 5.73. The average molecular weight is 295 g/mol. The lowest BCUT2D eigenvalue weighted by atomic mass is 10.1. The van der Waals surface area contributed by atoms with Crippen molar-refractivity contribution < 1.29 is 18.7 Å². The summed E-state index contributed by atoms with van der Waals surface area (Å²) in [4.78, 5) is 11.8. The van der Waals surface area contributed by atoms with Crippen LogP contribution < -0.4 is 4.74 Å². The monoisotopic (exact) mass is 294 g/mol. The maximum absolute atomic E-state index is 11.8. The van der Waals surface area contributed by atoms with Crippen molar-refractivity contribution in [1.82, 2.24) is 0 Å². The van der Waals surface area contributed by atoms with Crippen LogP contribution in [-0.2, 0) is 9.53 Å². The Morgan fingerprint density at radius 2 is 1.95 bits per heavy atom. The van der Waals surface area contributed by atoms with Crippen LogP contribution in [0.25, 0.3) is 0 Å². The molecular formula is C15H15ClO4. The molecule has 2 aromatic rings. The molecule has 0 amide bonds. The van der Waals surface area contributed by atoms with E-state index in [1.54, 1.807) is 12.1 Å². The molecule has 0 radical (unpaired) electrons. The molecule has 0 aliphatic carbocycles. The van der Waals surface area contributed by atoms with Gasteiger partial charge in [0.2, 0.25) is 0 Å². The fourth-order valence-corrected chi connectivity index (χ4v) is 1.89. The molecule has 4 nitrogen and oxygen atoms in total. The smallest absolute Gasteiger partial charge is 0.319 e. The van der Waals surface area contributed by atoms with Gasteiger partial charge in [-0.15, -0.1) is 0 Å². The Morgan fingerprint density at radius 1 is 1.25 bits per heavy atom. The second-order valence-corrected chi connectivity index (χ2v) is 4.71. The van der Waals surface area contributed by atoms with E-state index in [1.807, 2.05) is 31.2 Å². The normalized spacial score (nSPS) is 11.9. The molecule has 1 unspecified atom stereocenters. The van der Waals surface area contributed by atoms with Crippen molar-refractivity contribution in [1.29, 1.82) is 0 Å². The minimum absolute atomic E-state index is 0.125. The van der Waals surface area contributed by atoms with Gasteiger partial charge in [0.25, 0.3) is 0 Å². The van der Waals surface area contributed by atoms with Crippen LogP contribution in [-0.4, -0.2) is 19.7 Å². The molecule has 1 aromatic heterocycles. The highest BCUT2D eigenvalue weighted by Crippen LogP contribution is 2.24. The lowest BCUT2D eigenvalue weighted by molar-refractivity contribution is -0.143. The van der Waals surface area contributed by atoms with E-state index < -0.39 is 11.9 Å². The standard InChI is InChI=1S/C15H15ClO4/c1-10-3-5-11(6-4-10)19-9-12(15(17)18-2)13-7-8-14(16)20-13/h3-8,12H,9H2,1-2H3. The fourth-order valence-electron chi connectivity index (χ4n) is 1.74. The Balaban J connectivity index is 2.08. The second kappa shape index (κ2) is 6.48. The third-order valence-corrected chi connectivity index (χ3v) is 3.06. The zero-order valence-electron chi connectivity index (χ0n) is 11.3. The van der Waals surface area contributed by atoms with Gasteiger partial charge in [0, 0.05) is 0 Å². The molecule has 0 bridgehead atoms. The first kappa shape index (κ1) is 14.5. The number of aryl methyl sites for hydroxylation is 1. The molecule has 1 atom stereocenters. The predicted octanol–water partition coefficient (Wildman–Crippen LogP) is 3.58. The summed E-state index contributed by atoms with van der Waals surface area (Å²) in [7, 11) is 1.33. The summed E-state index contributed by atoms with van der Waals surface area (Å²) in [6.45, 7) is 2.12. The van der Waals surface area contributed by atoms with Crippen molar-refractivity contribution in [3.05, 3.63) is 52.9 Å². The number of carbonyl (C=O) groups excluding carboxylic acids is 1. The average Bonchev–Trinajstić information content (AvgIpc) is 2.87. The van der Waals surface area contributed by atoms with Crippen molar-refractivity contribution in [3.63, 3.8) is 0 Å². The summed E-state index contributed by atoms with van der Waals surface area (Å²) in [5.74, 6) is 0.0352. The van der Waals surface area contributed by atoms with Crippen molar-refractivity contribution in [2.75, 3.05) is 13.7 Å². The van der Waals surface area contributed by atoms with Gasteiger partial charge in [-0.2, -0.15) is 0 Å². The first-order valence-electron chi connectivity index (χ1n) is 6.12. The number of benzene rings is 1. The summed E-state index contributed by atoms with van der Waals surface area (Å²) < 4.78 is 15.6. The topological polar surface area (TPSA) is 48.7 Å². The summed E-state index contributed by atoms with van der Waals surface area (Å²) in [6.07, 6.45) is 0. The van der Waals surface area contributed by atoms with Gasteiger partial charge in [-0.25, -0.2) is 0 Å². The van der Waals surface area contributed by atoms with E-state index in [-0.39, 0.29) is 11.8 Å². The van der Waals surface area contributed by atoms with E-state index in [4.69, 9.17) is 25.5 Å². The molecule has 0 saturated heterocycles. The van der Waals surface area contributed by atoms with Crippen molar-refractivity contribution in [3.8, 4) is 5.75 Å². The number of hydrogen-bond acceptors (Lipinski definition) is 4. The zero-order valence-corrected chi connectivity index (χ0v) is 12.0. The number of rotatable bonds is 5. The van der Waals surface area contributed by atoms with Gasteiger partial charge in [0.1, 0.15) is 24.0 Å². The molecule has 0 fully saturated rings. The van der Waals surface area contributed by atoms with Gasteiger partial charge < -0.3 is 13.9 Å². The lowest BCUT2D eigenvalue weighted by Gasteiger charge is -2.13. The molecule has 5 heteroatoms. The molecule has 106 valence electrons. The second-order valence-electron chi connectivity index (χ2n) is 4.34. The molecular weight excluding hydrogens is 280 g/mol. The van der Waals surface area contributed by atoms with E-state index in [2.05, 4.69) is 0 Å². The molecule has 0 spiro atoms. The summed E-state index contributed by atoms with van der Waals surface area (Å²) in [5.41, 5.74) is 1.14. The molecule has 0 aliphatic heterocycles. The highest BCUT2D eigenvalue weighted by Gasteiger charge is 2.25. The molecule has 1 aromatic carbocycles. The molecule has 0 aliphatic rings. The minimum Gasteiger partial charge on any atom is -0.492 e. The van der Waals surface area contributed by atoms with Crippen LogP contribution in [0.2, 0.25) is 5.22 Å². The highest BCUT2D eigenvalue weighted by atomic mass is 35.5. The molecule has 0 saturated carbocycles. The summed E-state index contributed by atoms with van der Waals surface area (Å²) in [6, 6.07) is 10.8. The fraction of sp³-hybridized carbons (Fsp3) is 0.267. The molecule has 20 heavy (non-hydrogen) atoms. The number of halogens is 1. The van der Waals surface area contributed by atoms with Gasteiger partial charge in [0.05, 0.1) is 7.11 Å². The number of hydrogen-bond donors (Lipinski definition) is 0. The van der Waals surface area contributed by atoms with Gasteiger partial charge >= 0.3 is 5.97 Å².